The summed E-state index contributed by atoms with van der Waals surface area (Å²) in [5.74, 6) is 0.559. The van der Waals surface area contributed by atoms with Gasteiger partial charge in [-0.2, -0.15) is 0 Å². The molecule has 1 fully saturated rings. The van der Waals surface area contributed by atoms with E-state index >= 15 is 0 Å². The molecule has 2 aromatic rings. The highest BCUT2D eigenvalue weighted by Gasteiger charge is 2.32. The van der Waals surface area contributed by atoms with Crippen LogP contribution in [0.15, 0.2) is 36.4 Å². The van der Waals surface area contributed by atoms with E-state index in [2.05, 4.69) is 15.0 Å². The Morgan fingerprint density at radius 3 is 2.21 bits per heavy atom. The molecule has 0 saturated carbocycles. The van der Waals surface area contributed by atoms with Crippen molar-refractivity contribution in [1.29, 1.82) is 0 Å². The number of ether oxygens (including phenoxy) is 3. The second-order valence-electron chi connectivity index (χ2n) is 6.57. The first-order valence-corrected chi connectivity index (χ1v) is 9.07. The van der Waals surface area contributed by atoms with Gasteiger partial charge in [-0.15, -0.1) is 13.2 Å². The number of alkyl halides is 3. The van der Waals surface area contributed by atoms with Crippen LogP contribution in [-0.4, -0.2) is 56.8 Å². The second-order valence-corrected chi connectivity index (χ2v) is 6.57. The molecule has 29 heavy (non-hydrogen) atoms. The fourth-order valence-electron chi connectivity index (χ4n) is 3.50. The Kier molecular flexibility index (Phi) is 6.39. The summed E-state index contributed by atoms with van der Waals surface area (Å²) in [4.78, 5) is 2.14. The summed E-state index contributed by atoms with van der Waals surface area (Å²) >= 11 is 0. The molecule has 158 valence electrons. The SMILES string of the molecule is COc1cc(O)c([C@@H](c2ccc(OC(F)(F)F)cc2)N2CCNCC2)c(OC)c1. The summed E-state index contributed by atoms with van der Waals surface area (Å²) in [5.41, 5.74) is 1.24. The zero-order chi connectivity index (χ0) is 21.0. The van der Waals surface area contributed by atoms with Gasteiger partial charge in [-0.1, -0.05) is 12.1 Å². The molecular formula is C20H23F3N2O4. The lowest BCUT2D eigenvalue weighted by molar-refractivity contribution is -0.274. The van der Waals surface area contributed by atoms with Crippen molar-refractivity contribution < 1.29 is 32.5 Å². The molecule has 2 N–H and O–H groups in total. The molecule has 1 atom stereocenters. The third-order valence-corrected chi connectivity index (χ3v) is 4.77. The third-order valence-electron chi connectivity index (χ3n) is 4.77. The predicted octanol–water partition coefficient (Wildman–Crippen LogP) is 3.30. The summed E-state index contributed by atoms with van der Waals surface area (Å²) in [6.45, 7) is 2.90. The molecule has 3 rings (SSSR count). The topological polar surface area (TPSA) is 63.2 Å². The minimum Gasteiger partial charge on any atom is -0.507 e. The lowest BCUT2D eigenvalue weighted by Gasteiger charge is -2.36. The summed E-state index contributed by atoms with van der Waals surface area (Å²) in [7, 11) is 2.98. The molecule has 1 aliphatic rings. The molecule has 1 aliphatic heterocycles. The van der Waals surface area contributed by atoms with Crippen LogP contribution in [0, 0.1) is 0 Å². The number of rotatable bonds is 6. The Bertz CT molecular complexity index is 822. The van der Waals surface area contributed by atoms with Crippen LogP contribution >= 0.6 is 0 Å². The van der Waals surface area contributed by atoms with Crippen LogP contribution in [0.2, 0.25) is 0 Å². The maximum atomic E-state index is 12.5. The molecule has 0 aliphatic carbocycles. The fraction of sp³-hybridized carbons (Fsp3) is 0.400. The minimum absolute atomic E-state index is 0.0136. The number of benzene rings is 2. The Balaban J connectivity index is 2.04. The Hall–Kier alpha value is -2.65. The van der Waals surface area contributed by atoms with E-state index in [4.69, 9.17) is 9.47 Å². The summed E-state index contributed by atoms with van der Waals surface area (Å²) in [5, 5.41) is 14.0. The molecule has 0 unspecified atom stereocenters. The van der Waals surface area contributed by atoms with Gasteiger partial charge in [0.15, 0.2) is 0 Å². The zero-order valence-corrected chi connectivity index (χ0v) is 16.1. The van der Waals surface area contributed by atoms with Gasteiger partial charge >= 0.3 is 6.36 Å². The van der Waals surface area contributed by atoms with Crippen molar-refractivity contribution >= 4 is 0 Å². The van der Waals surface area contributed by atoms with Crippen molar-refractivity contribution in [3.8, 4) is 23.0 Å². The highest BCUT2D eigenvalue weighted by molar-refractivity contribution is 5.54. The molecule has 0 bridgehead atoms. The highest BCUT2D eigenvalue weighted by atomic mass is 19.4. The Morgan fingerprint density at radius 2 is 1.66 bits per heavy atom. The van der Waals surface area contributed by atoms with Crippen LogP contribution < -0.4 is 19.5 Å². The van der Waals surface area contributed by atoms with Gasteiger partial charge in [0.1, 0.15) is 23.0 Å². The second kappa shape index (κ2) is 8.79. The smallest absolute Gasteiger partial charge is 0.507 e. The van der Waals surface area contributed by atoms with Gasteiger partial charge in [-0.25, -0.2) is 0 Å². The van der Waals surface area contributed by atoms with Gasteiger partial charge in [0.05, 0.1) is 25.8 Å². The van der Waals surface area contributed by atoms with Gasteiger partial charge in [-0.3, -0.25) is 4.90 Å². The first kappa shape index (κ1) is 21.1. The van der Waals surface area contributed by atoms with Crippen LogP contribution in [0.5, 0.6) is 23.0 Å². The lowest BCUT2D eigenvalue weighted by Crippen LogP contribution is -2.45. The summed E-state index contributed by atoms with van der Waals surface area (Å²) in [6.07, 6.45) is -4.75. The number of methoxy groups -OCH3 is 2. The van der Waals surface area contributed by atoms with E-state index in [0.29, 0.717) is 35.7 Å². The lowest BCUT2D eigenvalue weighted by atomic mass is 9.94. The van der Waals surface area contributed by atoms with Crippen LogP contribution in [-0.2, 0) is 0 Å². The zero-order valence-electron chi connectivity index (χ0n) is 16.1. The molecule has 1 heterocycles. The van der Waals surface area contributed by atoms with Crippen LogP contribution in [0.25, 0.3) is 0 Å². The number of aromatic hydroxyl groups is 1. The molecule has 9 heteroatoms. The quantitative estimate of drug-likeness (QED) is 0.759. The normalized spacial score (nSPS) is 16.3. The van der Waals surface area contributed by atoms with Gasteiger partial charge in [0.2, 0.25) is 0 Å². The number of piperazine rings is 1. The average molecular weight is 412 g/mol. The maximum Gasteiger partial charge on any atom is 0.573 e. The molecular weight excluding hydrogens is 389 g/mol. The van der Waals surface area contributed by atoms with Gasteiger partial charge < -0.3 is 24.6 Å². The van der Waals surface area contributed by atoms with Crippen molar-refractivity contribution in [1.82, 2.24) is 10.2 Å². The first-order chi connectivity index (χ1) is 13.8. The number of phenolic OH excluding ortho intramolecular Hbond substituents is 1. The van der Waals surface area contributed by atoms with Crippen LogP contribution in [0.3, 0.4) is 0 Å². The van der Waals surface area contributed by atoms with Crippen molar-refractivity contribution in [3.05, 3.63) is 47.5 Å². The number of nitrogens with one attached hydrogen (secondary N) is 1. The average Bonchev–Trinajstić information content (AvgIpc) is 2.70. The van der Waals surface area contributed by atoms with Crippen molar-refractivity contribution in [2.75, 3.05) is 40.4 Å². The van der Waals surface area contributed by atoms with E-state index < -0.39 is 12.4 Å². The van der Waals surface area contributed by atoms with E-state index in [1.165, 1.54) is 32.4 Å². The van der Waals surface area contributed by atoms with Crippen LogP contribution in [0.4, 0.5) is 13.2 Å². The maximum absolute atomic E-state index is 12.5. The fourth-order valence-corrected chi connectivity index (χ4v) is 3.50. The van der Waals surface area contributed by atoms with Gasteiger partial charge in [0.25, 0.3) is 0 Å². The van der Waals surface area contributed by atoms with E-state index in [1.807, 2.05) is 0 Å². The molecule has 0 spiro atoms. The number of halogens is 3. The first-order valence-electron chi connectivity index (χ1n) is 9.07. The van der Waals surface area contributed by atoms with E-state index in [0.717, 1.165) is 13.1 Å². The van der Waals surface area contributed by atoms with E-state index in [1.54, 1.807) is 18.2 Å². The number of phenols is 1. The van der Waals surface area contributed by atoms with Crippen LogP contribution in [0.1, 0.15) is 17.2 Å². The molecule has 1 saturated heterocycles. The predicted molar refractivity (Wildman–Crippen MR) is 101 cm³/mol. The summed E-state index contributed by atoms with van der Waals surface area (Å²) < 4.78 is 52.1. The standard InChI is InChI=1S/C20H23F3N2O4/c1-27-15-11-16(26)18(17(12-15)28-2)19(25-9-7-24-8-10-25)13-3-5-14(6-4-13)29-20(21,22)23/h3-6,11-12,19,24,26H,7-10H2,1-2H3/t19-/m1/s1. The Labute approximate surface area is 166 Å². The van der Waals surface area contributed by atoms with Crippen molar-refractivity contribution in [2.24, 2.45) is 0 Å². The van der Waals surface area contributed by atoms with Crippen molar-refractivity contribution in [3.63, 3.8) is 0 Å². The minimum atomic E-state index is -4.75. The monoisotopic (exact) mass is 412 g/mol. The summed E-state index contributed by atoms with van der Waals surface area (Å²) in [6, 6.07) is 8.42. The van der Waals surface area contributed by atoms with Crippen molar-refractivity contribution in [2.45, 2.75) is 12.4 Å². The Morgan fingerprint density at radius 1 is 1.00 bits per heavy atom. The molecule has 6 nitrogen and oxygen atoms in total. The van der Waals surface area contributed by atoms with E-state index in [9.17, 15) is 18.3 Å². The molecule has 0 amide bonds. The largest absolute Gasteiger partial charge is 0.573 e. The molecule has 0 radical (unpaired) electrons. The third kappa shape index (κ3) is 5.04. The molecule has 0 aromatic heterocycles. The number of hydrogen-bond acceptors (Lipinski definition) is 6. The van der Waals surface area contributed by atoms with Gasteiger partial charge in [-0.05, 0) is 17.7 Å². The number of nitrogens with zero attached hydrogens (tertiary/aromatic N) is 1. The molecule has 2 aromatic carbocycles. The van der Waals surface area contributed by atoms with Gasteiger partial charge in [0, 0.05) is 38.3 Å². The van der Waals surface area contributed by atoms with E-state index in [-0.39, 0.29) is 11.5 Å². The number of hydrogen-bond donors (Lipinski definition) is 2. The highest BCUT2D eigenvalue weighted by Crippen LogP contribution is 2.43.